The Hall–Kier alpha value is -3.94. The van der Waals surface area contributed by atoms with Gasteiger partial charge in [-0.15, -0.1) is 0 Å². The summed E-state index contributed by atoms with van der Waals surface area (Å²) in [6, 6.07) is 7.27. The molecule has 0 radical (unpaired) electrons. The van der Waals surface area contributed by atoms with Gasteiger partial charge in [0.05, 0.1) is 41.7 Å². The van der Waals surface area contributed by atoms with Gasteiger partial charge in [0, 0.05) is 17.5 Å². The number of aromatic nitrogens is 2. The zero-order valence-electron chi connectivity index (χ0n) is 18.8. The topological polar surface area (TPSA) is 111 Å². The second-order valence-electron chi connectivity index (χ2n) is 8.26. The number of sulfonamides is 1. The molecule has 1 atom stereocenters. The Bertz CT molecular complexity index is 1460. The summed E-state index contributed by atoms with van der Waals surface area (Å²) >= 11 is 0. The van der Waals surface area contributed by atoms with Gasteiger partial charge in [0.25, 0.3) is 10.0 Å². The van der Waals surface area contributed by atoms with E-state index < -0.39 is 39.6 Å². The number of ether oxygens (including phenoxy) is 2. The Morgan fingerprint density at radius 2 is 1.73 bits per heavy atom. The fourth-order valence-electron chi connectivity index (χ4n) is 4.26. The lowest BCUT2D eigenvalue weighted by Gasteiger charge is -2.30. The molecule has 37 heavy (non-hydrogen) atoms. The van der Waals surface area contributed by atoms with Crippen molar-refractivity contribution < 1.29 is 40.2 Å². The molecular weight excluding hydrogens is 520 g/mol. The number of carbonyl (C=O) groups excluding carboxylic acids is 1. The minimum Gasteiger partial charge on any atom is -0.493 e. The third-order valence-electron chi connectivity index (χ3n) is 5.97. The number of nitrogens with zero attached hydrogens (tertiary/aromatic N) is 3. The number of rotatable bonds is 5. The maximum Gasteiger partial charge on any atom is 0.416 e. The first-order chi connectivity index (χ1) is 17.5. The highest BCUT2D eigenvalue weighted by Gasteiger charge is 2.36. The number of carbonyl (C=O) groups is 1. The van der Waals surface area contributed by atoms with Crippen molar-refractivity contribution in [2.75, 3.05) is 29.4 Å². The van der Waals surface area contributed by atoms with Gasteiger partial charge in [-0.05, 0) is 30.2 Å². The van der Waals surface area contributed by atoms with Crippen LogP contribution < -0.4 is 14.4 Å². The molecule has 1 N–H and O–H groups in total. The minimum absolute atomic E-state index is 0.0465. The van der Waals surface area contributed by atoms with E-state index in [9.17, 15) is 30.8 Å². The number of hydrogen-bond donors (Lipinski definition) is 1. The number of benzene rings is 2. The van der Waals surface area contributed by atoms with Crippen LogP contribution in [-0.4, -0.2) is 44.2 Å². The van der Waals surface area contributed by atoms with Crippen molar-refractivity contribution in [1.82, 2.24) is 9.97 Å². The molecule has 1 fully saturated rings. The SMILES string of the molecule is O=C1OCCN1c1cc(C(F)(F)F)ccc1[C@H]1CCOc2cc(S(=O)(=O)Nc3ncc(F)cn3)ccc21. The monoisotopic (exact) mass is 538 g/mol. The molecule has 1 aromatic heterocycles. The van der Waals surface area contributed by atoms with E-state index in [1.807, 2.05) is 0 Å². The van der Waals surface area contributed by atoms with Crippen LogP contribution in [0.2, 0.25) is 0 Å². The van der Waals surface area contributed by atoms with Gasteiger partial charge in [-0.25, -0.2) is 32.3 Å². The van der Waals surface area contributed by atoms with Gasteiger partial charge in [-0.3, -0.25) is 4.90 Å². The molecule has 5 rings (SSSR count). The molecule has 1 amide bonds. The first-order valence-electron chi connectivity index (χ1n) is 11.0. The van der Waals surface area contributed by atoms with Gasteiger partial charge in [-0.1, -0.05) is 12.1 Å². The van der Waals surface area contributed by atoms with Gasteiger partial charge in [0.1, 0.15) is 12.4 Å². The van der Waals surface area contributed by atoms with Crippen LogP contribution in [0.15, 0.2) is 53.7 Å². The van der Waals surface area contributed by atoms with Crippen molar-refractivity contribution in [3.05, 3.63) is 71.3 Å². The van der Waals surface area contributed by atoms with E-state index in [0.29, 0.717) is 17.5 Å². The second kappa shape index (κ2) is 9.18. The number of amides is 1. The van der Waals surface area contributed by atoms with Crippen molar-refractivity contribution in [3.63, 3.8) is 0 Å². The average Bonchev–Trinajstić information content (AvgIpc) is 3.29. The fraction of sp³-hybridized carbons (Fsp3) is 0.261. The summed E-state index contributed by atoms with van der Waals surface area (Å²) in [6.07, 6.45) is -3.37. The summed E-state index contributed by atoms with van der Waals surface area (Å²) in [5.74, 6) is -1.33. The average molecular weight is 538 g/mol. The molecule has 2 aromatic carbocycles. The molecule has 3 heterocycles. The van der Waals surface area contributed by atoms with E-state index in [1.54, 1.807) is 0 Å². The quantitative estimate of drug-likeness (QED) is 0.482. The summed E-state index contributed by atoms with van der Waals surface area (Å²) in [5, 5.41) is 0. The molecule has 14 heteroatoms. The summed E-state index contributed by atoms with van der Waals surface area (Å²) in [4.78, 5) is 20.4. The number of alkyl halides is 3. The maximum absolute atomic E-state index is 13.5. The zero-order valence-corrected chi connectivity index (χ0v) is 19.6. The molecule has 0 spiro atoms. The summed E-state index contributed by atoms with van der Waals surface area (Å²) in [5.41, 5.74) is 0.150. The van der Waals surface area contributed by atoms with Crippen molar-refractivity contribution in [2.24, 2.45) is 0 Å². The van der Waals surface area contributed by atoms with Crippen LogP contribution >= 0.6 is 0 Å². The van der Waals surface area contributed by atoms with Crippen LogP contribution in [0.3, 0.4) is 0 Å². The zero-order chi connectivity index (χ0) is 26.4. The predicted octanol–water partition coefficient (Wildman–Crippen LogP) is 4.31. The van der Waals surface area contributed by atoms with Gasteiger partial charge in [-0.2, -0.15) is 13.2 Å². The largest absolute Gasteiger partial charge is 0.493 e. The van der Waals surface area contributed by atoms with Crippen LogP contribution in [0.25, 0.3) is 0 Å². The van der Waals surface area contributed by atoms with E-state index in [1.165, 1.54) is 24.3 Å². The molecule has 0 saturated carbocycles. The number of halogens is 4. The number of cyclic esters (lactones) is 1. The Balaban J connectivity index is 1.52. The summed E-state index contributed by atoms with van der Waals surface area (Å²) in [7, 11) is -4.16. The first kappa shape index (κ1) is 24.7. The molecule has 3 aromatic rings. The smallest absolute Gasteiger partial charge is 0.416 e. The third kappa shape index (κ3) is 4.88. The van der Waals surface area contributed by atoms with Crippen molar-refractivity contribution in [2.45, 2.75) is 23.4 Å². The lowest BCUT2D eigenvalue weighted by atomic mass is 9.85. The molecule has 194 valence electrons. The van der Waals surface area contributed by atoms with E-state index in [4.69, 9.17) is 9.47 Å². The van der Waals surface area contributed by atoms with Gasteiger partial charge in [0.2, 0.25) is 5.95 Å². The molecule has 0 unspecified atom stereocenters. The van der Waals surface area contributed by atoms with Gasteiger partial charge >= 0.3 is 12.3 Å². The number of anilines is 2. The number of nitrogens with one attached hydrogen (secondary N) is 1. The Labute approximate surface area is 208 Å². The highest BCUT2D eigenvalue weighted by Crippen LogP contribution is 2.44. The van der Waals surface area contributed by atoms with Crippen molar-refractivity contribution >= 4 is 27.8 Å². The molecule has 9 nitrogen and oxygen atoms in total. The molecule has 0 aliphatic carbocycles. The van der Waals surface area contributed by atoms with Crippen LogP contribution in [-0.2, 0) is 20.9 Å². The van der Waals surface area contributed by atoms with E-state index >= 15 is 0 Å². The van der Waals surface area contributed by atoms with E-state index in [2.05, 4.69) is 14.7 Å². The Morgan fingerprint density at radius 1 is 1.00 bits per heavy atom. The lowest BCUT2D eigenvalue weighted by Crippen LogP contribution is -2.27. The summed E-state index contributed by atoms with van der Waals surface area (Å²) < 4.78 is 91.8. The molecular formula is C23H18F4N4O5S. The normalized spacial score (nSPS) is 17.7. The highest BCUT2D eigenvalue weighted by molar-refractivity contribution is 7.92. The van der Waals surface area contributed by atoms with E-state index in [0.717, 1.165) is 29.4 Å². The molecule has 2 aliphatic rings. The Kier molecular flexibility index (Phi) is 6.14. The van der Waals surface area contributed by atoms with E-state index in [-0.39, 0.29) is 42.0 Å². The minimum atomic E-state index is -4.62. The van der Waals surface area contributed by atoms with Crippen LogP contribution in [0.1, 0.15) is 29.0 Å². The van der Waals surface area contributed by atoms with Crippen LogP contribution in [0.4, 0.5) is 34.0 Å². The van der Waals surface area contributed by atoms with Crippen LogP contribution in [0, 0.1) is 5.82 Å². The molecule has 2 aliphatic heterocycles. The fourth-order valence-corrected chi connectivity index (χ4v) is 5.24. The highest BCUT2D eigenvalue weighted by atomic mass is 32.2. The van der Waals surface area contributed by atoms with Crippen LogP contribution in [0.5, 0.6) is 5.75 Å². The number of hydrogen-bond acceptors (Lipinski definition) is 7. The van der Waals surface area contributed by atoms with Crippen molar-refractivity contribution in [1.29, 1.82) is 0 Å². The van der Waals surface area contributed by atoms with Gasteiger partial charge < -0.3 is 9.47 Å². The summed E-state index contributed by atoms with van der Waals surface area (Å²) in [6.45, 7) is 0.295. The molecule has 1 saturated heterocycles. The van der Waals surface area contributed by atoms with Crippen molar-refractivity contribution in [3.8, 4) is 5.75 Å². The third-order valence-corrected chi connectivity index (χ3v) is 7.29. The molecule has 0 bridgehead atoms. The number of fused-ring (bicyclic) bond motifs is 1. The lowest BCUT2D eigenvalue weighted by molar-refractivity contribution is -0.137. The predicted molar refractivity (Wildman–Crippen MR) is 121 cm³/mol. The standard InChI is InChI=1S/C23H18F4N4O5S/c24-14-11-28-21(29-12-14)30-37(33,34)15-2-4-18-16(5-7-35-20(18)10-15)17-3-1-13(23(25,26)27)9-19(17)31-6-8-36-22(31)32/h1-4,9-12,16H,5-8H2,(H,28,29,30)/t16-/m1/s1. The first-order valence-corrected chi connectivity index (χ1v) is 12.4. The Morgan fingerprint density at radius 3 is 2.41 bits per heavy atom. The second-order valence-corrected chi connectivity index (χ2v) is 9.94. The maximum atomic E-state index is 13.5. The van der Waals surface area contributed by atoms with Gasteiger partial charge in [0.15, 0.2) is 5.82 Å².